The van der Waals surface area contributed by atoms with E-state index in [0.717, 1.165) is 83.0 Å². The number of benzene rings is 1. The molecule has 0 spiro atoms. The largest absolute Gasteiger partial charge is 0.335 e. The van der Waals surface area contributed by atoms with E-state index in [9.17, 15) is 4.79 Å². The molecule has 0 radical (unpaired) electrons. The number of allylic oxidation sites excluding steroid dienone is 1. The van der Waals surface area contributed by atoms with Crippen LogP contribution >= 0.6 is 11.3 Å². The summed E-state index contributed by atoms with van der Waals surface area (Å²) in [5, 5.41) is 4.24. The monoisotopic (exact) mass is 552 g/mol. The number of aromatic nitrogens is 4. The molecule has 10 heteroatoms. The second kappa shape index (κ2) is 9.94. The predicted molar refractivity (Wildman–Crippen MR) is 159 cm³/mol. The summed E-state index contributed by atoms with van der Waals surface area (Å²) in [5.74, 6) is 2.21. The summed E-state index contributed by atoms with van der Waals surface area (Å²) in [7, 11) is 0. The van der Waals surface area contributed by atoms with E-state index in [0.29, 0.717) is 23.5 Å². The number of anilines is 3. The Bertz CT molecular complexity index is 1630. The molecule has 2 bridgehead atoms. The van der Waals surface area contributed by atoms with Gasteiger partial charge in [-0.3, -0.25) is 9.69 Å². The average Bonchev–Trinajstić information content (AvgIpc) is 3.75. The van der Waals surface area contributed by atoms with Crippen LogP contribution in [-0.4, -0.2) is 73.9 Å². The molecule has 0 unspecified atom stereocenters. The quantitative estimate of drug-likeness (QED) is 0.348. The molecule has 2 atom stereocenters. The first-order chi connectivity index (χ1) is 19.4. The number of piperazine rings is 1. The molecule has 3 fully saturated rings. The number of carbonyl (C=O) groups excluding carboxylic acids is 1. The van der Waals surface area contributed by atoms with Gasteiger partial charge in [0.15, 0.2) is 0 Å². The van der Waals surface area contributed by atoms with Crippen LogP contribution in [0.1, 0.15) is 42.2 Å². The molecule has 7 rings (SSSR count). The third kappa shape index (κ3) is 4.50. The Labute approximate surface area is 237 Å². The first kappa shape index (κ1) is 25.1. The number of likely N-dealkylation sites (N-methyl/N-ethyl adjacent to an activating group) is 1. The maximum Gasteiger partial charge on any atom is 0.258 e. The lowest BCUT2D eigenvalue weighted by molar-refractivity contribution is 0.0826. The zero-order valence-electron chi connectivity index (χ0n) is 22.8. The number of likely N-dealkylation sites (tertiary alicyclic amines) is 2. The number of fused-ring (bicyclic) bond motifs is 3. The van der Waals surface area contributed by atoms with Gasteiger partial charge in [-0.1, -0.05) is 25.6 Å². The molecule has 0 aliphatic carbocycles. The molecule has 4 aromatic rings. The topological polar surface area (TPSA) is 90.4 Å². The zero-order chi connectivity index (χ0) is 27.4. The maximum atomic E-state index is 13.0. The van der Waals surface area contributed by atoms with Gasteiger partial charge in [-0.15, -0.1) is 11.3 Å². The summed E-state index contributed by atoms with van der Waals surface area (Å²) in [6.07, 6.45) is 4.87. The fourth-order valence-corrected chi connectivity index (χ4v) is 7.12. The number of rotatable bonds is 6. The highest BCUT2D eigenvalue weighted by Crippen LogP contribution is 2.35. The van der Waals surface area contributed by atoms with E-state index in [-0.39, 0.29) is 5.91 Å². The molecular formula is C30H32N8OS. The molecule has 1 amide bonds. The van der Waals surface area contributed by atoms with Crippen molar-refractivity contribution in [2.24, 2.45) is 0 Å². The molecule has 204 valence electrons. The van der Waals surface area contributed by atoms with Gasteiger partial charge in [0.05, 0.1) is 10.2 Å². The maximum absolute atomic E-state index is 13.0. The van der Waals surface area contributed by atoms with Crippen LogP contribution in [0, 0.1) is 6.92 Å². The van der Waals surface area contributed by atoms with Crippen LogP contribution < -0.4 is 10.2 Å². The number of aryl methyl sites for hydroxylation is 1. The molecule has 3 aliphatic rings. The highest BCUT2D eigenvalue weighted by Gasteiger charge is 2.43. The summed E-state index contributed by atoms with van der Waals surface area (Å²) >= 11 is 1.57. The second-order valence-corrected chi connectivity index (χ2v) is 11.9. The Morgan fingerprint density at radius 2 is 2.02 bits per heavy atom. The third-order valence-electron chi connectivity index (χ3n) is 8.22. The predicted octanol–water partition coefficient (Wildman–Crippen LogP) is 5.23. The zero-order valence-corrected chi connectivity index (χ0v) is 23.6. The van der Waals surface area contributed by atoms with Crippen molar-refractivity contribution in [1.82, 2.24) is 29.7 Å². The first-order valence-electron chi connectivity index (χ1n) is 13.9. The van der Waals surface area contributed by atoms with Gasteiger partial charge in [0.1, 0.15) is 16.6 Å². The van der Waals surface area contributed by atoms with Crippen molar-refractivity contribution < 1.29 is 4.79 Å². The molecule has 9 nitrogen and oxygen atoms in total. The first-order valence-corrected chi connectivity index (χ1v) is 14.8. The number of amides is 1. The van der Waals surface area contributed by atoms with Crippen LogP contribution in [0.5, 0.6) is 0 Å². The van der Waals surface area contributed by atoms with Crippen molar-refractivity contribution in [2.75, 3.05) is 36.4 Å². The number of nitrogens with one attached hydrogen (secondary N) is 1. The number of hydrogen-bond acceptors (Lipinski definition) is 9. The van der Waals surface area contributed by atoms with Gasteiger partial charge in [0.2, 0.25) is 5.95 Å². The summed E-state index contributed by atoms with van der Waals surface area (Å²) in [6.45, 7) is 12.2. The minimum Gasteiger partial charge on any atom is -0.335 e. The Kier molecular flexibility index (Phi) is 6.24. The van der Waals surface area contributed by atoms with Gasteiger partial charge < -0.3 is 15.1 Å². The van der Waals surface area contributed by atoms with Gasteiger partial charge >= 0.3 is 0 Å². The highest BCUT2D eigenvalue weighted by molar-refractivity contribution is 7.21. The van der Waals surface area contributed by atoms with Crippen molar-refractivity contribution in [3.8, 4) is 10.6 Å². The number of thiazole rings is 1. The Hall–Kier alpha value is -3.89. The number of carbonyl (C=O) groups is 1. The lowest BCUT2D eigenvalue weighted by atomic mass is 10.1. The Balaban J connectivity index is 1.11. The minimum atomic E-state index is 0.00239. The van der Waals surface area contributed by atoms with Crippen molar-refractivity contribution in [3.63, 3.8) is 0 Å². The van der Waals surface area contributed by atoms with Crippen LogP contribution in [0.4, 0.5) is 17.6 Å². The fourth-order valence-electron chi connectivity index (χ4n) is 6.21. The number of pyridine rings is 1. The molecule has 1 aromatic carbocycles. The summed E-state index contributed by atoms with van der Waals surface area (Å²) in [6, 6.07) is 12.7. The van der Waals surface area contributed by atoms with E-state index in [4.69, 9.17) is 15.0 Å². The molecule has 3 aromatic heterocycles. The van der Waals surface area contributed by atoms with Crippen molar-refractivity contribution >= 4 is 45.0 Å². The summed E-state index contributed by atoms with van der Waals surface area (Å²) in [5.41, 5.74) is 4.24. The SMILES string of the molecule is C=C1CCCN1C(=O)c1cccc(-c2nc3cc(Nc4cc(C)nc(N5C[C@@H]6C[C@H]5CN6CC)n4)ncc3s2)c1. The van der Waals surface area contributed by atoms with Crippen LogP contribution in [0.15, 0.2) is 54.9 Å². The van der Waals surface area contributed by atoms with Crippen LogP contribution in [0.3, 0.4) is 0 Å². The van der Waals surface area contributed by atoms with Gasteiger partial charge in [-0.05, 0) is 44.9 Å². The summed E-state index contributed by atoms with van der Waals surface area (Å²) < 4.78 is 0.985. The second-order valence-electron chi connectivity index (χ2n) is 10.9. The highest BCUT2D eigenvalue weighted by atomic mass is 32.1. The normalized spacial score (nSPS) is 20.7. The van der Waals surface area contributed by atoms with Gasteiger partial charge in [0.25, 0.3) is 5.91 Å². The standard InChI is InChI=1S/C30H32N8OS/c1-4-36-16-23-13-22(36)17-38(23)30-32-18(2)11-27(35-30)34-26-14-24-25(15-31-26)40-28(33-24)20-8-5-9-21(12-20)29(39)37-10-6-7-19(37)3/h5,8-9,11-12,14-15,22-23H,3-4,6-7,10,13,16-17H2,1-2H3,(H,31,32,34,35)/t22-,23-/m0/s1. The molecule has 3 aliphatic heterocycles. The van der Waals surface area contributed by atoms with Gasteiger partial charge in [0, 0.05) is 72.6 Å². The van der Waals surface area contributed by atoms with E-state index in [2.05, 4.69) is 33.6 Å². The molecule has 1 N–H and O–H groups in total. The Morgan fingerprint density at radius 3 is 2.80 bits per heavy atom. The molecule has 0 saturated carbocycles. The minimum absolute atomic E-state index is 0.00239. The summed E-state index contributed by atoms with van der Waals surface area (Å²) in [4.78, 5) is 38.9. The molecular weight excluding hydrogens is 520 g/mol. The van der Waals surface area contributed by atoms with E-state index >= 15 is 0 Å². The van der Waals surface area contributed by atoms with Crippen molar-refractivity contribution in [1.29, 1.82) is 0 Å². The van der Waals surface area contributed by atoms with Crippen LogP contribution in [-0.2, 0) is 0 Å². The lowest BCUT2D eigenvalue weighted by Gasteiger charge is -2.33. The van der Waals surface area contributed by atoms with E-state index < -0.39 is 0 Å². The smallest absolute Gasteiger partial charge is 0.258 e. The van der Waals surface area contributed by atoms with Crippen molar-refractivity contribution in [3.05, 3.63) is 66.1 Å². The fraction of sp³-hybridized carbons (Fsp3) is 0.367. The van der Waals surface area contributed by atoms with Crippen LogP contribution in [0.2, 0.25) is 0 Å². The number of hydrogen-bond donors (Lipinski definition) is 1. The third-order valence-corrected chi connectivity index (χ3v) is 9.28. The molecule has 3 saturated heterocycles. The molecule has 6 heterocycles. The number of nitrogens with zero attached hydrogens (tertiary/aromatic N) is 7. The molecule has 40 heavy (non-hydrogen) atoms. The van der Waals surface area contributed by atoms with E-state index in [1.807, 2.05) is 49.5 Å². The Morgan fingerprint density at radius 1 is 1.12 bits per heavy atom. The van der Waals surface area contributed by atoms with Gasteiger partial charge in [-0.2, -0.15) is 4.98 Å². The van der Waals surface area contributed by atoms with E-state index in [1.54, 1.807) is 16.2 Å². The van der Waals surface area contributed by atoms with Crippen LogP contribution in [0.25, 0.3) is 20.8 Å². The average molecular weight is 553 g/mol. The lowest BCUT2D eigenvalue weighted by Crippen LogP contribution is -2.46. The van der Waals surface area contributed by atoms with Gasteiger partial charge in [-0.25, -0.2) is 15.0 Å². The van der Waals surface area contributed by atoms with Crippen molar-refractivity contribution in [2.45, 2.75) is 45.2 Å². The van der Waals surface area contributed by atoms with E-state index in [1.165, 1.54) is 6.42 Å².